The van der Waals surface area contributed by atoms with Crippen molar-refractivity contribution >= 4 is 12.1 Å². The summed E-state index contributed by atoms with van der Waals surface area (Å²) in [6, 6.07) is 8.62. The van der Waals surface area contributed by atoms with Gasteiger partial charge in [-0.3, -0.25) is 14.3 Å². The molecule has 0 saturated carbocycles. The monoisotopic (exact) mass is 551 g/mol. The fourth-order valence-corrected chi connectivity index (χ4v) is 5.63. The van der Waals surface area contributed by atoms with E-state index < -0.39 is 46.8 Å². The molecule has 10 heteroatoms. The summed E-state index contributed by atoms with van der Waals surface area (Å²) in [6.07, 6.45) is 0.467. The maximum absolute atomic E-state index is 15.2. The van der Waals surface area contributed by atoms with Crippen LogP contribution in [0.5, 0.6) is 5.75 Å². The quantitative estimate of drug-likeness (QED) is 0.413. The van der Waals surface area contributed by atoms with Gasteiger partial charge in [0.05, 0.1) is 18.8 Å². The van der Waals surface area contributed by atoms with Crippen LogP contribution in [0.4, 0.5) is 13.6 Å². The minimum Gasteiger partial charge on any atom is -0.434 e. The van der Waals surface area contributed by atoms with Gasteiger partial charge in [-0.1, -0.05) is 38.1 Å². The Balaban J connectivity index is 1.73. The molecule has 1 aromatic heterocycles. The standard InChI is InChI=1S/C30H31F2N3O5/c1-16(2)15-39-30(38)40-28-25(36)13-33-35-24(14-34(17(3)4)29(37)27(28)35)26-20-7-5-9-22(31)18(20)11-12-19-21(26)8-6-10-23(19)32/h5-10,13,16-17,24,26H,11-12,14-15H2,1-4H3/t24-/m1/s1. The van der Waals surface area contributed by atoms with Gasteiger partial charge in [-0.2, -0.15) is 5.10 Å². The van der Waals surface area contributed by atoms with E-state index in [9.17, 15) is 14.4 Å². The first-order valence-corrected chi connectivity index (χ1v) is 13.4. The first-order chi connectivity index (χ1) is 19.1. The zero-order chi connectivity index (χ0) is 28.7. The molecule has 1 amide bonds. The first-order valence-electron chi connectivity index (χ1n) is 13.4. The molecule has 8 nitrogen and oxygen atoms in total. The maximum Gasteiger partial charge on any atom is 0.514 e. The van der Waals surface area contributed by atoms with Crippen LogP contribution in [0.25, 0.3) is 0 Å². The van der Waals surface area contributed by atoms with E-state index in [4.69, 9.17) is 9.47 Å². The third-order valence-corrected chi connectivity index (χ3v) is 7.46. The fraction of sp³-hybridized carbons (Fsp3) is 0.400. The third kappa shape index (κ3) is 4.87. The van der Waals surface area contributed by atoms with Crippen molar-refractivity contribution < 1.29 is 27.8 Å². The van der Waals surface area contributed by atoms with Gasteiger partial charge in [0.25, 0.3) is 5.91 Å². The van der Waals surface area contributed by atoms with Crippen molar-refractivity contribution in [3.63, 3.8) is 0 Å². The molecule has 1 aliphatic carbocycles. The van der Waals surface area contributed by atoms with Gasteiger partial charge >= 0.3 is 6.16 Å². The van der Waals surface area contributed by atoms with Crippen molar-refractivity contribution in [3.8, 4) is 5.75 Å². The van der Waals surface area contributed by atoms with Crippen LogP contribution in [0.1, 0.15) is 72.4 Å². The van der Waals surface area contributed by atoms with Gasteiger partial charge in [0.2, 0.25) is 11.2 Å². The average molecular weight is 552 g/mol. The number of nitrogens with zero attached hydrogens (tertiary/aromatic N) is 3. The van der Waals surface area contributed by atoms with E-state index in [1.165, 1.54) is 16.8 Å². The Bertz CT molecular complexity index is 1480. The predicted molar refractivity (Wildman–Crippen MR) is 143 cm³/mol. The molecule has 0 spiro atoms. The minimum atomic E-state index is -1.11. The number of carbonyl (C=O) groups excluding carboxylic acids is 2. The van der Waals surface area contributed by atoms with Crippen molar-refractivity contribution in [2.24, 2.45) is 5.92 Å². The van der Waals surface area contributed by atoms with Crippen LogP contribution in [0.3, 0.4) is 0 Å². The van der Waals surface area contributed by atoms with Gasteiger partial charge in [0, 0.05) is 18.5 Å². The predicted octanol–water partition coefficient (Wildman–Crippen LogP) is 5.03. The lowest BCUT2D eigenvalue weighted by molar-refractivity contribution is 0.0560. The maximum atomic E-state index is 15.2. The number of aromatic nitrogens is 2. The summed E-state index contributed by atoms with van der Waals surface area (Å²) in [6.45, 7) is 7.55. The van der Waals surface area contributed by atoms with E-state index in [-0.39, 0.29) is 30.8 Å². The molecule has 0 fully saturated rings. The van der Waals surface area contributed by atoms with Crippen LogP contribution >= 0.6 is 0 Å². The second kappa shape index (κ2) is 10.8. The summed E-state index contributed by atoms with van der Waals surface area (Å²) >= 11 is 0. The average Bonchev–Trinajstić information content (AvgIpc) is 3.07. The largest absolute Gasteiger partial charge is 0.514 e. The Morgan fingerprint density at radius 2 is 1.60 bits per heavy atom. The smallest absolute Gasteiger partial charge is 0.434 e. The number of hydrogen-bond acceptors (Lipinski definition) is 6. The Morgan fingerprint density at radius 3 is 2.15 bits per heavy atom. The molecule has 3 aromatic rings. The van der Waals surface area contributed by atoms with E-state index in [1.54, 1.807) is 17.0 Å². The van der Waals surface area contributed by atoms with Crippen molar-refractivity contribution in [1.82, 2.24) is 14.7 Å². The van der Waals surface area contributed by atoms with Crippen molar-refractivity contribution in [2.45, 2.75) is 58.5 Å². The molecule has 1 atom stereocenters. The van der Waals surface area contributed by atoms with Gasteiger partial charge in [-0.25, -0.2) is 13.6 Å². The number of rotatable bonds is 5. The highest BCUT2D eigenvalue weighted by atomic mass is 19.1. The molecule has 40 heavy (non-hydrogen) atoms. The number of carbonyl (C=O) groups is 2. The molecular formula is C30H31F2N3O5. The summed E-state index contributed by atoms with van der Waals surface area (Å²) in [5.41, 5.74) is 1.26. The van der Waals surface area contributed by atoms with Gasteiger partial charge < -0.3 is 14.4 Å². The third-order valence-electron chi connectivity index (χ3n) is 7.46. The molecule has 0 saturated heterocycles. The second-order valence-corrected chi connectivity index (χ2v) is 10.9. The lowest BCUT2D eigenvalue weighted by Gasteiger charge is -2.41. The number of ether oxygens (including phenoxy) is 2. The Kier molecular flexibility index (Phi) is 7.44. The summed E-state index contributed by atoms with van der Waals surface area (Å²) in [7, 11) is 0. The molecule has 5 rings (SSSR count). The molecule has 2 aliphatic rings. The van der Waals surface area contributed by atoms with Crippen LogP contribution in [-0.4, -0.2) is 45.9 Å². The second-order valence-electron chi connectivity index (χ2n) is 10.9. The van der Waals surface area contributed by atoms with Gasteiger partial charge in [0.15, 0.2) is 5.69 Å². The number of amides is 1. The van der Waals surface area contributed by atoms with Crippen LogP contribution in [-0.2, 0) is 17.6 Å². The van der Waals surface area contributed by atoms with E-state index in [2.05, 4.69) is 5.10 Å². The molecule has 1 aliphatic heterocycles. The highest BCUT2D eigenvalue weighted by molar-refractivity contribution is 5.96. The van der Waals surface area contributed by atoms with E-state index in [0.29, 0.717) is 35.1 Å². The zero-order valence-corrected chi connectivity index (χ0v) is 22.8. The Morgan fingerprint density at radius 1 is 1.00 bits per heavy atom. The highest BCUT2D eigenvalue weighted by Gasteiger charge is 2.43. The molecule has 2 aromatic carbocycles. The highest BCUT2D eigenvalue weighted by Crippen LogP contribution is 2.45. The molecule has 0 radical (unpaired) electrons. The van der Waals surface area contributed by atoms with Crippen LogP contribution in [0, 0.1) is 17.6 Å². The Labute approximate surface area is 230 Å². The van der Waals surface area contributed by atoms with Crippen LogP contribution < -0.4 is 10.2 Å². The lowest BCUT2D eigenvalue weighted by Crippen LogP contribution is -2.50. The Hall–Kier alpha value is -4.08. The normalized spacial score (nSPS) is 16.9. The SMILES string of the molecule is CC(C)COC(=O)Oc1c2n(ncc1=O)[C@@H](C1c3cccc(F)c3CCc3c(F)cccc31)CN(C(C)C)C2=O. The fourth-order valence-electron chi connectivity index (χ4n) is 5.63. The molecule has 210 valence electrons. The zero-order valence-electron chi connectivity index (χ0n) is 22.8. The number of halogens is 2. The summed E-state index contributed by atoms with van der Waals surface area (Å²) in [5, 5.41) is 4.32. The topological polar surface area (TPSA) is 90.7 Å². The van der Waals surface area contributed by atoms with Gasteiger partial charge in [-0.15, -0.1) is 0 Å². The number of benzene rings is 2. The number of hydrogen-bond donors (Lipinski definition) is 0. The van der Waals surface area contributed by atoms with Gasteiger partial charge in [0.1, 0.15) is 11.6 Å². The lowest BCUT2D eigenvalue weighted by atomic mass is 9.81. The summed E-state index contributed by atoms with van der Waals surface area (Å²) in [5.74, 6) is -2.42. The molecular weight excluding hydrogens is 520 g/mol. The van der Waals surface area contributed by atoms with Crippen molar-refractivity contribution in [3.05, 3.63) is 92.4 Å². The molecule has 2 heterocycles. The summed E-state index contributed by atoms with van der Waals surface area (Å²) in [4.78, 5) is 40.7. The molecule has 0 unspecified atom stereocenters. The van der Waals surface area contributed by atoms with Gasteiger partial charge in [-0.05, 0) is 67.0 Å². The van der Waals surface area contributed by atoms with E-state index in [0.717, 1.165) is 6.20 Å². The molecule has 0 bridgehead atoms. The minimum absolute atomic E-state index is 0.0265. The van der Waals surface area contributed by atoms with E-state index in [1.807, 2.05) is 39.8 Å². The van der Waals surface area contributed by atoms with Crippen molar-refractivity contribution in [2.75, 3.05) is 13.2 Å². The summed E-state index contributed by atoms with van der Waals surface area (Å²) < 4.78 is 42.2. The first kappa shape index (κ1) is 27.5. The van der Waals surface area contributed by atoms with Crippen LogP contribution in [0.2, 0.25) is 0 Å². The van der Waals surface area contributed by atoms with Crippen LogP contribution in [0.15, 0.2) is 47.4 Å². The molecule has 0 N–H and O–H groups in total. The number of fused-ring (bicyclic) bond motifs is 3. The van der Waals surface area contributed by atoms with E-state index >= 15 is 8.78 Å². The van der Waals surface area contributed by atoms with Crippen molar-refractivity contribution in [1.29, 1.82) is 0 Å².